The van der Waals surface area contributed by atoms with Crippen LogP contribution in [0.2, 0.25) is 0 Å². The van der Waals surface area contributed by atoms with E-state index in [0.717, 1.165) is 16.9 Å². The molecule has 0 saturated carbocycles. The normalized spacial score (nSPS) is 11.4. The van der Waals surface area contributed by atoms with E-state index in [1.165, 1.54) is 24.3 Å². The highest BCUT2D eigenvalue weighted by molar-refractivity contribution is 5.96. The van der Waals surface area contributed by atoms with Gasteiger partial charge in [0, 0.05) is 5.56 Å². The Bertz CT molecular complexity index is 958. The maximum atomic E-state index is 13.0. The Hall–Kier alpha value is -3.67. The molecule has 0 heterocycles. The highest BCUT2D eigenvalue weighted by atomic mass is 19.1. The molecule has 5 nitrogen and oxygen atoms in total. The molecule has 1 atom stereocenters. The van der Waals surface area contributed by atoms with Gasteiger partial charge in [-0.1, -0.05) is 42.5 Å². The van der Waals surface area contributed by atoms with Crippen molar-refractivity contribution >= 4 is 11.8 Å². The number of benzene rings is 3. The van der Waals surface area contributed by atoms with Gasteiger partial charge in [0.05, 0.1) is 19.7 Å². The molecule has 0 aliphatic heterocycles. The second-order valence-electron chi connectivity index (χ2n) is 6.37. The Labute approximate surface area is 168 Å². The van der Waals surface area contributed by atoms with Crippen LogP contribution in [0.25, 0.3) is 0 Å². The van der Waals surface area contributed by atoms with Gasteiger partial charge in [0.25, 0.3) is 5.91 Å². The fraction of sp³-hybridized carbons (Fsp3) is 0.130. The highest BCUT2D eigenvalue weighted by Crippen LogP contribution is 2.24. The molecule has 29 heavy (non-hydrogen) atoms. The monoisotopic (exact) mass is 392 g/mol. The van der Waals surface area contributed by atoms with Crippen LogP contribution < -0.4 is 15.4 Å². The van der Waals surface area contributed by atoms with Crippen molar-refractivity contribution in [3.63, 3.8) is 0 Å². The van der Waals surface area contributed by atoms with Crippen molar-refractivity contribution in [3.05, 3.63) is 101 Å². The topological polar surface area (TPSA) is 67.4 Å². The first kappa shape index (κ1) is 20.1. The molecule has 0 spiro atoms. The first-order chi connectivity index (χ1) is 14.1. The van der Waals surface area contributed by atoms with Crippen LogP contribution in [0.15, 0.2) is 78.9 Å². The van der Waals surface area contributed by atoms with E-state index in [9.17, 15) is 14.0 Å². The van der Waals surface area contributed by atoms with Crippen LogP contribution in [0.1, 0.15) is 27.5 Å². The maximum absolute atomic E-state index is 13.0. The van der Waals surface area contributed by atoms with Gasteiger partial charge in [0.1, 0.15) is 11.6 Å². The predicted octanol–water partition coefficient (Wildman–Crippen LogP) is 3.47. The van der Waals surface area contributed by atoms with Gasteiger partial charge < -0.3 is 15.4 Å². The summed E-state index contributed by atoms with van der Waals surface area (Å²) in [6.45, 7) is -0.199. The van der Waals surface area contributed by atoms with Crippen LogP contribution >= 0.6 is 0 Å². The molecule has 2 N–H and O–H groups in total. The number of amides is 2. The van der Waals surface area contributed by atoms with Gasteiger partial charge in [0.15, 0.2) is 0 Å². The molecular weight excluding hydrogens is 371 g/mol. The predicted molar refractivity (Wildman–Crippen MR) is 108 cm³/mol. The second-order valence-corrected chi connectivity index (χ2v) is 6.37. The largest absolute Gasteiger partial charge is 0.497 e. The number of carbonyl (C=O) groups excluding carboxylic acids is 2. The van der Waals surface area contributed by atoms with Gasteiger partial charge in [0.2, 0.25) is 5.91 Å². The van der Waals surface area contributed by atoms with Crippen molar-refractivity contribution in [1.82, 2.24) is 10.6 Å². The molecule has 0 bridgehead atoms. The van der Waals surface area contributed by atoms with Gasteiger partial charge >= 0.3 is 0 Å². The summed E-state index contributed by atoms with van der Waals surface area (Å²) in [5, 5.41) is 5.50. The number of ether oxygens (including phenoxy) is 1. The molecule has 148 valence electrons. The minimum absolute atomic E-state index is 0.199. The average Bonchev–Trinajstić information content (AvgIpc) is 2.77. The van der Waals surface area contributed by atoms with E-state index in [-0.39, 0.29) is 24.1 Å². The third kappa shape index (κ3) is 5.42. The number of carbonyl (C=O) groups is 2. The maximum Gasteiger partial charge on any atom is 0.251 e. The van der Waals surface area contributed by atoms with Crippen molar-refractivity contribution in [3.8, 4) is 5.75 Å². The zero-order chi connectivity index (χ0) is 20.6. The summed E-state index contributed by atoms with van der Waals surface area (Å²) >= 11 is 0. The third-order valence-corrected chi connectivity index (χ3v) is 4.40. The molecule has 0 aliphatic rings. The molecular formula is C23H21FN2O3. The summed E-state index contributed by atoms with van der Waals surface area (Å²) in [5.41, 5.74) is 2.08. The van der Waals surface area contributed by atoms with E-state index in [0.29, 0.717) is 0 Å². The van der Waals surface area contributed by atoms with E-state index in [1.54, 1.807) is 7.11 Å². The number of hydrogen-bond acceptors (Lipinski definition) is 3. The van der Waals surface area contributed by atoms with Crippen LogP contribution in [-0.2, 0) is 4.79 Å². The molecule has 3 aromatic rings. The van der Waals surface area contributed by atoms with Crippen LogP contribution in [0.4, 0.5) is 4.39 Å². The Morgan fingerprint density at radius 2 is 1.52 bits per heavy atom. The molecule has 1 unspecified atom stereocenters. The van der Waals surface area contributed by atoms with E-state index in [1.807, 2.05) is 54.6 Å². The van der Waals surface area contributed by atoms with Crippen molar-refractivity contribution < 1.29 is 18.7 Å². The molecule has 0 aliphatic carbocycles. The van der Waals surface area contributed by atoms with Crippen molar-refractivity contribution in [2.75, 3.05) is 13.7 Å². The van der Waals surface area contributed by atoms with Crippen molar-refractivity contribution in [1.29, 1.82) is 0 Å². The molecule has 0 saturated heterocycles. The van der Waals surface area contributed by atoms with E-state index >= 15 is 0 Å². The number of halogens is 1. The summed E-state index contributed by atoms with van der Waals surface area (Å²) in [6.07, 6.45) is 0. The lowest BCUT2D eigenvalue weighted by atomic mass is 9.98. The first-order valence-electron chi connectivity index (χ1n) is 9.09. The standard InChI is InChI=1S/C23H21FN2O3/c1-29-20-13-9-17(10-14-20)22(16-5-3-2-4-6-16)26-21(27)15-25-23(28)18-7-11-19(24)12-8-18/h2-14,22H,15H2,1H3,(H,25,28)(H,26,27). The van der Waals surface area contributed by atoms with Crippen molar-refractivity contribution in [2.45, 2.75) is 6.04 Å². The first-order valence-corrected chi connectivity index (χ1v) is 9.09. The molecule has 2 amide bonds. The lowest BCUT2D eigenvalue weighted by Gasteiger charge is -2.20. The molecule has 3 rings (SSSR count). The zero-order valence-electron chi connectivity index (χ0n) is 15.9. The zero-order valence-corrected chi connectivity index (χ0v) is 15.9. The lowest BCUT2D eigenvalue weighted by Crippen LogP contribution is -2.39. The van der Waals surface area contributed by atoms with Gasteiger partial charge in [-0.3, -0.25) is 9.59 Å². The number of rotatable bonds is 7. The van der Waals surface area contributed by atoms with E-state index in [4.69, 9.17) is 4.74 Å². The molecule has 0 radical (unpaired) electrons. The highest BCUT2D eigenvalue weighted by Gasteiger charge is 2.17. The molecule has 0 aromatic heterocycles. The average molecular weight is 392 g/mol. The summed E-state index contributed by atoms with van der Waals surface area (Å²) in [4.78, 5) is 24.6. The summed E-state index contributed by atoms with van der Waals surface area (Å²) in [7, 11) is 1.59. The third-order valence-electron chi connectivity index (χ3n) is 4.40. The van der Waals surface area contributed by atoms with Crippen molar-refractivity contribution in [2.24, 2.45) is 0 Å². The number of methoxy groups -OCH3 is 1. The smallest absolute Gasteiger partial charge is 0.251 e. The Morgan fingerprint density at radius 1 is 0.897 bits per heavy atom. The van der Waals surface area contributed by atoms with Gasteiger partial charge in [-0.05, 0) is 47.5 Å². The fourth-order valence-corrected chi connectivity index (χ4v) is 2.88. The molecule has 3 aromatic carbocycles. The quantitative estimate of drug-likeness (QED) is 0.647. The molecule has 0 fully saturated rings. The van der Waals surface area contributed by atoms with Gasteiger partial charge in [-0.2, -0.15) is 0 Å². The Morgan fingerprint density at radius 3 is 2.14 bits per heavy atom. The summed E-state index contributed by atoms with van der Waals surface area (Å²) in [6, 6.07) is 21.7. The van der Waals surface area contributed by atoms with Crippen LogP contribution in [0.5, 0.6) is 5.75 Å². The SMILES string of the molecule is COc1ccc(C(NC(=O)CNC(=O)c2ccc(F)cc2)c2ccccc2)cc1. The Kier molecular flexibility index (Phi) is 6.58. The summed E-state index contributed by atoms with van der Waals surface area (Å²) in [5.74, 6) is -0.492. The van der Waals surface area contributed by atoms with Gasteiger partial charge in [-0.15, -0.1) is 0 Å². The van der Waals surface area contributed by atoms with Crippen LogP contribution in [-0.4, -0.2) is 25.5 Å². The second kappa shape index (κ2) is 9.50. The lowest BCUT2D eigenvalue weighted by molar-refractivity contribution is -0.120. The minimum Gasteiger partial charge on any atom is -0.497 e. The Balaban J connectivity index is 1.69. The number of hydrogen-bond donors (Lipinski definition) is 2. The van der Waals surface area contributed by atoms with Gasteiger partial charge in [-0.25, -0.2) is 4.39 Å². The fourth-order valence-electron chi connectivity index (χ4n) is 2.88. The van der Waals surface area contributed by atoms with Crippen LogP contribution in [0, 0.1) is 5.82 Å². The number of nitrogens with one attached hydrogen (secondary N) is 2. The van der Waals surface area contributed by atoms with E-state index < -0.39 is 11.7 Å². The van der Waals surface area contributed by atoms with Crippen LogP contribution in [0.3, 0.4) is 0 Å². The molecule has 6 heteroatoms. The van der Waals surface area contributed by atoms with E-state index in [2.05, 4.69) is 10.6 Å². The summed E-state index contributed by atoms with van der Waals surface area (Å²) < 4.78 is 18.2. The minimum atomic E-state index is -0.444.